The molecule has 1 unspecified atom stereocenters. The van der Waals surface area contributed by atoms with Crippen LogP contribution < -0.4 is 15.4 Å². The van der Waals surface area contributed by atoms with E-state index in [0.29, 0.717) is 19.1 Å². The number of nitrogens with one attached hydrogen (secondary N) is 2. The lowest BCUT2D eigenvalue weighted by Crippen LogP contribution is -2.36. The molecule has 0 spiro atoms. The lowest BCUT2D eigenvalue weighted by atomic mass is 10.1. The summed E-state index contributed by atoms with van der Waals surface area (Å²) in [6.45, 7) is 7.94. The minimum absolute atomic E-state index is 0.491. The van der Waals surface area contributed by atoms with Crippen molar-refractivity contribution in [1.29, 1.82) is 0 Å². The van der Waals surface area contributed by atoms with Gasteiger partial charge < -0.3 is 20.1 Å². The van der Waals surface area contributed by atoms with Gasteiger partial charge in [0.05, 0.1) is 13.2 Å². The molecule has 2 N–H and O–H groups in total. The van der Waals surface area contributed by atoms with Crippen molar-refractivity contribution in [3.8, 4) is 5.75 Å². The lowest BCUT2D eigenvalue weighted by molar-refractivity contribution is 0.166. The fourth-order valence-electron chi connectivity index (χ4n) is 3.27. The quantitative estimate of drug-likeness (QED) is 0.569. The van der Waals surface area contributed by atoms with E-state index in [2.05, 4.69) is 71.9 Å². The summed E-state index contributed by atoms with van der Waals surface area (Å²) in [5, 5.41) is 6.76. The maximum absolute atomic E-state index is 6.13. The molecule has 2 aromatic rings. The molecule has 1 atom stereocenters. The molecule has 1 aliphatic heterocycles. The van der Waals surface area contributed by atoms with Crippen molar-refractivity contribution in [1.82, 2.24) is 10.6 Å². The first-order valence-corrected chi connectivity index (χ1v) is 9.94. The molecule has 0 amide bonds. The minimum atomic E-state index is 0.491. The molecule has 150 valence electrons. The summed E-state index contributed by atoms with van der Waals surface area (Å²) in [6.07, 6.45) is 1.08. The van der Waals surface area contributed by atoms with Gasteiger partial charge in [-0.1, -0.05) is 42.0 Å². The average Bonchev–Trinajstić information content (AvgIpc) is 3.21. The van der Waals surface area contributed by atoms with E-state index in [-0.39, 0.29) is 0 Å². The summed E-state index contributed by atoms with van der Waals surface area (Å²) in [4.78, 5) is 4.33. The third-order valence-electron chi connectivity index (χ3n) is 4.93. The molecule has 0 bridgehead atoms. The predicted octanol–water partition coefficient (Wildman–Crippen LogP) is 3.58. The van der Waals surface area contributed by atoms with Crippen molar-refractivity contribution in [2.75, 3.05) is 26.9 Å². The fourth-order valence-corrected chi connectivity index (χ4v) is 3.27. The SMILES string of the molecule is CN=C(NCc1cccc(C)c1)NCc1ccc(C)cc1OCC1CCOC1. The molecule has 1 fully saturated rings. The van der Waals surface area contributed by atoms with Gasteiger partial charge in [0.1, 0.15) is 5.75 Å². The lowest BCUT2D eigenvalue weighted by Gasteiger charge is -2.17. The van der Waals surface area contributed by atoms with Crippen LogP contribution in [0.15, 0.2) is 47.5 Å². The molecule has 0 aromatic heterocycles. The Hall–Kier alpha value is -2.53. The summed E-state index contributed by atoms with van der Waals surface area (Å²) in [7, 11) is 1.79. The van der Waals surface area contributed by atoms with E-state index < -0.39 is 0 Å². The van der Waals surface area contributed by atoms with Crippen LogP contribution in [0.25, 0.3) is 0 Å². The standard InChI is InChI=1S/C23H31N3O2/c1-17-5-4-6-19(11-17)13-25-23(24-3)26-14-21-8-7-18(2)12-22(21)28-16-20-9-10-27-15-20/h4-8,11-12,20H,9-10,13-16H2,1-3H3,(H2,24,25,26). The summed E-state index contributed by atoms with van der Waals surface area (Å²) < 4.78 is 11.6. The topological polar surface area (TPSA) is 54.9 Å². The third-order valence-corrected chi connectivity index (χ3v) is 4.93. The van der Waals surface area contributed by atoms with Gasteiger partial charge in [-0.3, -0.25) is 4.99 Å². The number of guanidine groups is 1. The van der Waals surface area contributed by atoms with E-state index >= 15 is 0 Å². The van der Waals surface area contributed by atoms with Gasteiger partial charge in [-0.25, -0.2) is 0 Å². The van der Waals surface area contributed by atoms with E-state index in [0.717, 1.165) is 43.5 Å². The number of hydrogen-bond acceptors (Lipinski definition) is 3. The number of rotatable bonds is 7. The van der Waals surface area contributed by atoms with Crippen molar-refractivity contribution in [3.05, 3.63) is 64.7 Å². The Labute approximate surface area is 168 Å². The van der Waals surface area contributed by atoms with Crippen molar-refractivity contribution in [3.63, 3.8) is 0 Å². The minimum Gasteiger partial charge on any atom is -0.493 e. The highest BCUT2D eigenvalue weighted by Gasteiger charge is 2.17. The molecular weight excluding hydrogens is 350 g/mol. The van der Waals surface area contributed by atoms with Crippen LogP contribution in [0.2, 0.25) is 0 Å². The Kier molecular flexibility index (Phi) is 7.31. The van der Waals surface area contributed by atoms with Gasteiger partial charge in [-0.15, -0.1) is 0 Å². The number of ether oxygens (including phenoxy) is 2. The highest BCUT2D eigenvalue weighted by Crippen LogP contribution is 2.22. The summed E-state index contributed by atoms with van der Waals surface area (Å²) >= 11 is 0. The zero-order valence-corrected chi connectivity index (χ0v) is 17.1. The van der Waals surface area contributed by atoms with Gasteiger partial charge in [0.15, 0.2) is 5.96 Å². The molecule has 28 heavy (non-hydrogen) atoms. The van der Waals surface area contributed by atoms with Crippen LogP contribution in [0.4, 0.5) is 0 Å². The van der Waals surface area contributed by atoms with Crippen LogP contribution >= 0.6 is 0 Å². The normalized spacial score (nSPS) is 16.8. The van der Waals surface area contributed by atoms with Gasteiger partial charge in [-0.05, 0) is 37.5 Å². The number of aliphatic imine (C=N–C) groups is 1. The second-order valence-corrected chi connectivity index (χ2v) is 7.42. The molecule has 1 saturated heterocycles. The van der Waals surface area contributed by atoms with Crippen LogP contribution in [0.1, 0.15) is 28.7 Å². The fraction of sp³-hybridized carbons (Fsp3) is 0.435. The van der Waals surface area contributed by atoms with Crippen LogP contribution in [0.3, 0.4) is 0 Å². The molecule has 5 nitrogen and oxygen atoms in total. The van der Waals surface area contributed by atoms with Crippen molar-refractivity contribution in [2.45, 2.75) is 33.4 Å². The molecule has 0 aliphatic carbocycles. The molecule has 3 rings (SSSR count). The zero-order chi connectivity index (χ0) is 19.8. The van der Waals surface area contributed by atoms with Gasteiger partial charge in [0, 0.05) is 38.2 Å². The van der Waals surface area contributed by atoms with Crippen LogP contribution in [0.5, 0.6) is 5.75 Å². The van der Waals surface area contributed by atoms with E-state index in [4.69, 9.17) is 9.47 Å². The number of nitrogens with zero attached hydrogens (tertiary/aromatic N) is 1. The van der Waals surface area contributed by atoms with E-state index in [1.54, 1.807) is 7.05 Å². The number of hydrogen-bond donors (Lipinski definition) is 2. The zero-order valence-electron chi connectivity index (χ0n) is 17.1. The first-order valence-electron chi connectivity index (χ1n) is 9.94. The molecule has 0 radical (unpaired) electrons. The average molecular weight is 382 g/mol. The van der Waals surface area contributed by atoms with Gasteiger partial charge >= 0.3 is 0 Å². The van der Waals surface area contributed by atoms with Gasteiger partial charge in [0.2, 0.25) is 0 Å². The molecule has 1 heterocycles. The second-order valence-electron chi connectivity index (χ2n) is 7.42. The number of benzene rings is 2. The molecular formula is C23H31N3O2. The van der Waals surface area contributed by atoms with Crippen molar-refractivity contribution in [2.24, 2.45) is 10.9 Å². The highest BCUT2D eigenvalue weighted by atomic mass is 16.5. The Morgan fingerprint density at radius 3 is 2.68 bits per heavy atom. The van der Waals surface area contributed by atoms with Crippen LogP contribution in [-0.4, -0.2) is 32.8 Å². The van der Waals surface area contributed by atoms with E-state index in [1.807, 2.05) is 0 Å². The smallest absolute Gasteiger partial charge is 0.191 e. The molecule has 1 aliphatic rings. The van der Waals surface area contributed by atoms with E-state index in [1.165, 1.54) is 16.7 Å². The monoisotopic (exact) mass is 381 g/mol. The van der Waals surface area contributed by atoms with Gasteiger partial charge in [0.25, 0.3) is 0 Å². The Morgan fingerprint density at radius 2 is 1.93 bits per heavy atom. The Balaban J connectivity index is 1.55. The van der Waals surface area contributed by atoms with Crippen molar-refractivity contribution < 1.29 is 9.47 Å². The molecule has 2 aromatic carbocycles. The predicted molar refractivity (Wildman–Crippen MR) is 114 cm³/mol. The Bertz CT molecular complexity index is 798. The van der Waals surface area contributed by atoms with Crippen molar-refractivity contribution >= 4 is 5.96 Å². The summed E-state index contributed by atoms with van der Waals surface area (Å²) in [6, 6.07) is 14.8. The summed E-state index contributed by atoms with van der Waals surface area (Å²) in [5.74, 6) is 2.20. The molecule has 5 heteroatoms. The maximum Gasteiger partial charge on any atom is 0.191 e. The third kappa shape index (κ3) is 5.99. The van der Waals surface area contributed by atoms with Gasteiger partial charge in [-0.2, -0.15) is 0 Å². The highest BCUT2D eigenvalue weighted by molar-refractivity contribution is 5.79. The second kappa shape index (κ2) is 10.1. The Morgan fingerprint density at radius 1 is 1.11 bits per heavy atom. The first-order chi connectivity index (χ1) is 13.6. The first kappa shape index (κ1) is 20.2. The maximum atomic E-state index is 6.13. The van der Waals surface area contributed by atoms with Crippen LogP contribution in [0, 0.1) is 19.8 Å². The van der Waals surface area contributed by atoms with E-state index in [9.17, 15) is 0 Å². The largest absolute Gasteiger partial charge is 0.493 e. The molecule has 0 saturated carbocycles. The summed E-state index contributed by atoms with van der Waals surface area (Å²) in [5.41, 5.74) is 4.82. The van der Waals surface area contributed by atoms with Crippen LogP contribution in [-0.2, 0) is 17.8 Å². The number of aryl methyl sites for hydroxylation is 2.